The van der Waals surface area contributed by atoms with E-state index in [0.717, 1.165) is 43.7 Å². The second-order valence-corrected chi connectivity index (χ2v) is 9.97. The number of likely N-dealkylation sites (tertiary alicyclic amines) is 1. The zero-order valence-electron chi connectivity index (χ0n) is 16.6. The fourth-order valence-corrected chi connectivity index (χ4v) is 5.24. The summed E-state index contributed by atoms with van der Waals surface area (Å²) in [7, 11) is -3.52. The van der Waals surface area contributed by atoms with Gasteiger partial charge in [0.25, 0.3) is 0 Å². The van der Waals surface area contributed by atoms with Crippen molar-refractivity contribution >= 4 is 21.6 Å². The lowest BCUT2D eigenvalue weighted by molar-refractivity contribution is -0.116. The van der Waals surface area contributed by atoms with Gasteiger partial charge in [-0.1, -0.05) is 13.8 Å². The molecule has 2 aliphatic heterocycles. The van der Waals surface area contributed by atoms with Crippen molar-refractivity contribution < 1.29 is 13.2 Å². The Morgan fingerprint density at radius 2 is 1.93 bits per heavy atom. The summed E-state index contributed by atoms with van der Waals surface area (Å²) < 4.78 is 28.2. The maximum absolute atomic E-state index is 12.7. The summed E-state index contributed by atoms with van der Waals surface area (Å²) in [4.78, 5) is 16.1. The Morgan fingerprint density at radius 1 is 1.22 bits per heavy atom. The van der Waals surface area contributed by atoms with Gasteiger partial charge in [-0.25, -0.2) is 13.1 Å². The Morgan fingerprint density at radius 3 is 2.56 bits per heavy atom. The van der Waals surface area contributed by atoms with E-state index in [1.807, 2.05) is 0 Å². The topological polar surface area (TPSA) is 69.7 Å². The zero-order valence-corrected chi connectivity index (χ0v) is 17.4. The molecule has 0 aliphatic carbocycles. The van der Waals surface area contributed by atoms with Gasteiger partial charge in [0.2, 0.25) is 15.9 Å². The highest BCUT2D eigenvalue weighted by Crippen LogP contribution is 2.30. The normalized spacial score (nSPS) is 18.9. The second-order valence-electron chi connectivity index (χ2n) is 8.20. The van der Waals surface area contributed by atoms with Gasteiger partial charge in [-0.2, -0.15) is 0 Å². The van der Waals surface area contributed by atoms with Crippen LogP contribution in [-0.4, -0.2) is 51.9 Å². The molecule has 0 radical (unpaired) electrons. The molecular weight excluding hydrogens is 362 g/mol. The van der Waals surface area contributed by atoms with Gasteiger partial charge in [-0.3, -0.25) is 4.79 Å². The molecule has 0 saturated carbocycles. The minimum Gasteiger partial charge on any atom is -0.312 e. The molecule has 0 unspecified atom stereocenters. The van der Waals surface area contributed by atoms with Crippen molar-refractivity contribution in [2.75, 3.05) is 37.6 Å². The highest BCUT2D eigenvalue weighted by Gasteiger charge is 2.26. The molecule has 2 heterocycles. The predicted octanol–water partition coefficient (Wildman–Crippen LogP) is 2.24. The van der Waals surface area contributed by atoms with Gasteiger partial charge in [-0.05, 0) is 68.0 Å². The van der Waals surface area contributed by atoms with Crippen molar-refractivity contribution in [3.8, 4) is 0 Å². The number of anilines is 1. The molecular formula is C20H31N3O3S. The van der Waals surface area contributed by atoms with Crippen molar-refractivity contribution in [3.05, 3.63) is 23.8 Å². The summed E-state index contributed by atoms with van der Waals surface area (Å²) in [5.41, 5.74) is 1.76. The number of carbonyl (C=O) groups is 1. The SMILES string of the molecule is CC(=O)N1CCc2cc(S(=O)(=O)NCC3CCN(CC(C)C)CC3)ccc21. The molecule has 1 fully saturated rings. The Balaban J connectivity index is 1.58. The number of amides is 1. The first-order valence-electron chi connectivity index (χ1n) is 9.89. The highest BCUT2D eigenvalue weighted by atomic mass is 32.2. The molecule has 3 rings (SSSR count). The molecule has 0 bridgehead atoms. The van der Waals surface area contributed by atoms with Gasteiger partial charge in [0.05, 0.1) is 4.90 Å². The summed E-state index contributed by atoms with van der Waals surface area (Å²) in [6.07, 6.45) is 2.77. The molecule has 150 valence electrons. The van der Waals surface area contributed by atoms with E-state index in [2.05, 4.69) is 23.5 Å². The van der Waals surface area contributed by atoms with Crippen LogP contribution in [0.3, 0.4) is 0 Å². The number of carbonyl (C=O) groups excluding carboxylic acids is 1. The number of fused-ring (bicyclic) bond motifs is 1. The van der Waals surface area contributed by atoms with Crippen molar-refractivity contribution in [2.24, 2.45) is 11.8 Å². The van der Waals surface area contributed by atoms with Crippen LogP contribution in [0.2, 0.25) is 0 Å². The molecule has 0 aromatic heterocycles. The molecule has 1 aromatic rings. The minimum absolute atomic E-state index is 0.00806. The molecule has 2 aliphatic rings. The molecule has 1 amide bonds. The first-order chi connectivity index (χ1) is 12.8. The van der Waals surface area contributed by atoms with Crippen molar-refractivity contribution in [2.45, 2.75) is 44.9 Å². The summed E-state index contributed by atoms with van der Waals surface area (Å²) in [6, 6.07) is 5.07. The van der Waals surface area contributed by atoms with Crippen LogP contribution in [0.25, 0.3) is 0 Å². The van der Waals surface area contributed by atoms with E-state index in [1.165, 1.54) is 6.92 Å². The fraction of sp³-hybridized carbons (Fsp3) is 0.650. The van der Waals surface area contributed by atoms with Crippen LogP contribution in [0.1, 0.15) is 39.2 Å². The van der Waals surface area contributed by atoms with Crippen LogP contribution >= 0.6 is 0 Å². The fourth-order valence-electron chi connectivity index (χ4n) is 4.07. The first-order valence-corrected chi connectivity index (χ1v) is 11.4. The van der Waals surface area contributed by atoms with Crippen LogP contribution in [-0.2, 0) is 21.2 Å². The Labute approximate surface area is 163 Å². The van der Waals surface area contributed by atoms with E-state index in [4.69, 9.17) is 0 Å². The number of piperidine rings is 1. The number of hydrogen-bond donors (Lipinski definition) is 1. The Bertz CT molecular complexity index is 784. The van der Waals surface area contributed by atoms with E-state index in [9.17, 15) is 13.2 Å². The van der Waals surface area contributed by atoms with Crippen molar-refractivity contribution in [1.82, 2.24) is 9.62 Å². The summed E-state index contributed by atoms with van der Waals surface area (Å²) in [6.45, 7) is 10.3. The van der Waals surface area contributed by atoms with Crippen LogP contribution in [0.5, 0.6) is 0 Å². The third-order valence-electron chi connectivity index (χ3n) is 5.53. The molecule has 1 aromatic carbocycles. The number of benzene rings is 1. The lowest BCUT2D eigenvalue weighted by atomic mass is 9.96. The average molecular weight is 394 g/mol. The van der Waals surface area contributed by atoms with Crippen LogP contribution in [0.15, 0.2) is 23.1 Å². The molecule has 1 saturated heterocycles. The number of sulfonamides is 1. The molecule has 27 heavy (non-hydrogen) atoms. The third-order valence-corrected chi connectivity index (χ3v) is 6.95. The largest absolute Gasteiger partial charge is 0.312 e. The zero-order chi connectivity index (χ0) is 19.6. The number of nitrogens with zero attached hydrogens (tertiary/aromatic N) is 2. The number of hydrogen-bond acceptors (Lipinski definition) is 4. The van der Waals surface area contributed by atoms with E-state index in [-0.39, 0.29) is 5.91 Å². The van der Waals surface area contributed by atoms with Crippen LogP contribution < -0.4 is 9.62 Å². The van der Waals surface area contributed by atoms with E-state index in [0.29, 0.717) is 36.2 Å². The maximum atomic E-state index is 12.7. The predicted molar refractivity (Wildman–Crippen MR) is 107 cm³/mol. The Hall–Kier alpha value is -1.44. The van der Waals surface area contributed by atoms with Gasteiger partial charge in [0.15, 0.2) is 0 Å². The van der Waals surface area contributed by atoms with Gasteiger partial charge in [0, 0.05) is 32.2 Å². The lowest BCUT2D eigenvalue weighted by Crippen LogP contribution is -2.40. The van der Waals surface area contributed by atoms with Crippen molar-refractivity contribution in [3.63, 3.8) is 0 Å². The first kappa shape index (κ1) is 20.3. The van der Waals surface area contributed by atoms with Gasteiger partial charge in [0.1, 0.15) is 0 Å². The van der Waals surface area contributed by atoms with E-state index < -0.39 is 10.0 Å². The maximum Gasteiger partial charge on any atom is 0.240 e. The second kappa shape index (κ2) is 8.29. The monoisotopic (exact) mass is 393 g/mol. The minimum atomic E-state index is -3.52. The molecule has 0 spiro atoms. The van der Waals surface area contributed by atoms with Crippen LogP contribution in [0.4, 0.5) is 5.69 Å². The molecule has 7 heteroatoms. The third kappa shape index (κ3) is 4.89. The number of nitrogens with one attached hydrogen (secondary N) is 1. The molecule has 6 nitrogen and oxygen atoms in total. The smallest absolute Gasteiger partial charge is 0.240 e. The van der Waals surface area contributed by atoms with Gasteiger partial charge >= 0.3 is 0 Å². The summed E-state index contributed by atoms with van der Waals surface area (Å²) in [5.74, 6) is 1.05. The number of rotatable bonds is 6. The quantitative estimate of drug-likeness (QED) is 0.805. The lowest BCUT2D eigenvalue weighted by Gasteiger charge is -2.33. The van der Waals surface area contributed by atoms with E-state index >= 15 is 0 Å². The van der Waals surface area contributed by atoms with E-state index in [1.54, 1.807) is 23.1 Å². The molecule has 0 atom stereocenters. The standard InChI is InChI=1S/C20H31N3O3S/c1-15(2)14-22-9-6-17(7-10-22)13-21-27(25,26)19-4-5-20-18(12-19)8-11-23(20)16(3)24/h4-5,12,15,17,21H,6-11,13-14H2,1-3H3. The van der Waals surface area contributed by atoms with Gasteiger partial charge < -0.3 is 9.80 Å². The summed E-state index contributed by atoms with van der Waals surface area (Å²) >= 11 is 0. The van der Waals surface area contributed by atoms with Crippen LogP contribution in [0, 0.1) is 11.8 Å². The summed E-state index contributed by atoms with van der Waals surface area (Å²) in [5, 5.41) is 0. The average Bonchev–Trinajstić information content (AvgIpc) is 3.04. The van der Waals surface area contributed by atoms with Crippen molar-refractivity contribution in [1.29, 1.82) is 0 Å². The van der Waals surface area contributed by atoms with Gasteiger partial charge in [-0.15, -0.1) is 0 Å². The highest BCUT2D eigenvalue weighted by molar-refractivity contribution is 7.89. The Kier molecular flexibility index (Phi) is 6.23. The molecule has 1 N–H and O–H groups in total.